The molecule has 0 bridgehead atoms. The summed E-state index contributed by atoms with van der Waals surface area (Å²) < 4.78 is 4.63. The third kappa shape index (κ3) is 2.49. The van der Waals surface area contributed by atoms with Gasteiger partial charge in [0, 0.05) is 5.56 Å². The molecular weight excluding hydrogens is 296 g/mol. The lowest BCUT2D eigenvalue weighted by Crippen LogP contribution is -2.51. The fourth-order valence-electron chi connectivity index (χ4n) is 2.06. The zero-order valence-corrected chi connectivity index (χ0v) is 12.0. The minimum atomic E-state index is -0.350. The highest BCUT2D eigenvalue weighted by Crippen LogP contribution is 2.25. The van der Waals surface area contributed by atoms with Crippen LogP contribution in [0.1, 0.15) is 6.04 Å². The van der Waals surface area contributed by atoms with Crippen molar-refractivity contribution in [2.45, 2.75) is 6.04 Å². The number of methoxy groups -OCH3 is 1. The molecule has 0 unspecified atom stereocenters. The van der Waals surface area contributed by atoms with Crippen LogP contribution in [0.15, 0.2) is 18.2 Å². The number of carbonyl (C=O) groups is 1. The summed E-state index contributed by atoms with van der Waals surface area (Å²) in [6.07, 6.45) is -0.350. The lowest BCUT2D eigenvalue weighted by molar-refractivity contribution is 0.0621. The Morgan fingerprint density at radius 2 is 2.24 bits per heavy atom. The molecule has 9 heteroatoms. The predicted octanol–water partition coefficient (Wildman–Crippen LogP) is 1.20. The summed E-state index contributed by atoms with van der Waals surface area (Å²) in [6, 6.07) is 5.18. The number of nitrogens with two attached hydrogens (primary N) is 1. The largest absolute Gasteiger partial charge is 0.453 e. The zero-order valence-electron chi connectivity index (χ0n) is 11.2. The molecule has 1 amide bonds. The van der Waals surface area contributed by atoms with Gasteiger partial charge in [-0.05, 0) is 23.4 Å². The van der Waals surface area contributed by atoms with E-state index in [2.05, 4.69) is 20.1 Å². The number of nitrogens with zero attached hydrogens (tertiary/aromatic N) is 5. The summed E-state index contributed by atoms with van der Waals surface area (Å²) in [6.45, 7) is 1.01. The molecule has 21 heavy (non-hydrogen) atoms. The van der Waals surface area contributed by atoms with E-state index in [-0.39, 0.29) is 12.1 Å². The zero-order chi connectivity index (χ0) is 15.0. The molecule has 1 aromatic heterocycles. The maximum absolute atomic E-state index is 11.3. The van der Waals surface area contributed by atoms with E-state index in [4.69, 9.17) is 17.3 Å². The molecule has 8 nitrogen and oxygen atoms in total. The number of benzene rings is 1. The van der Waals surface area contributed by atoms with Crippen molar-refractivity contribution in [3.05, 3.63) is 23.2 Å². The standard InChI is InChI=1S/C12H13ClN6O2/c1-21-12(20)18-5-8(6-18)19-16-11(15-17-19)7-2-3-9(13)10(14)4-7/h2-4,8H,5-6,14H2,1H3. The van der Waals surface area contributed by atoms with Crippen molar-refractivity contribution >= 4 is 23.4 Å². The van der Waals surface area contributed by atoms with Crippen LogP contribution in [0, 0.1) is 0 Å². The highest BCUT2D eigenvalue weighted by Gasteiger charge is 2.34. The first-order valence-corrected chi connectivity index (χ1v) is 6.64. The Morgan fingerprint density at radius 3 is 2.90 bits per heavy atom. The van der Waals surface area contributed by atoms with Gasteiger partial charge in [0.2, 0.25) is 5.82 Å². The second-order valence-electron chi connectivity index (χ2n) is 4.70. The average Bonchev–Trinajstić information content (AvgIpc) is 2.89. The molecule has 1 fully saturated rings. The Kier molecular flexibility index (Phi) is 3.38. The van der Waals surface area contributed by atoms with Crippen molar-refractivity contribution in [2.24, 2.45) is 0 Å². The maximum Gasteiger partial charge on any atom is 0.409 e. The van der Waals surface area contributed by atoms with Gasteiger partial charge in [0.05, 0.1) is 30.9 Å². The maximum atomic E-state index is 11.3. The van der Waals surface area contributed by atoms with Gasteiger partial charge in [-0.2, -0.15) is 4.80 Å². The second-order valence-corrected chi connectivity index (χ2v) is 5.11. The summed E-state index contributed by atoms with van der Waals surface area (Å²) in [5.41, 5.74) is 6.96. The Hall–Kier alpha value is -2.35. The van der Waals surface area contributed by atoms with Crippen LogP contribution in [-0.4, -0.2) is 51.4 Å². The van der Waals surface area contributed by atoms with Gasteiger partial charge in [-0.25, -0.2) is 4.79 Å². The van der Waals surface area contributed by atoms with Crippen molar-refractivity contribution in [3.8, 4) is 11.4 Å². The monoisotopic (exact) mass is 308 g/mol. The molecule has 1 aliphatic rings. The lowest BCUT2D eigenvalue weighted by Gasteiger charge is -2.36. The van der Waals surface area contributed by atoms with Crippen LogP contribution in [0.2, 0.25) is 5.02 Å². The molecule has 3 rings (SSSR count). The minimum absolute atomic E-state index is 0.00926. The van der Waals surface area contributed by atoms with Crippen molar-refractivity contribution in [1.82, 2.24) is 25.1 Å². The van der Waals surface area contributed by atoms with Gasteiger partial charge in [0.25, 0.3) is 0 Å². The van der Waals surface area contributed by atoms with Gasteiger partial charge in [-0.3, -0.25) is 0 Å². The Balaban J connectivity index is 1.73. The Morgan fingerprint density at radius 1 is 1.48 bits per heavy atom. The SMILES string of the molecule is COC(=O)N1CC(n2nnc(-c3ccc(Cl)c(N)c3)n2)C1. The topological polar surface area (TPSA) is 99.2 Å². The van der Waals surface area contributed by atoms with Gasteiger partial charge >= 0.3 is 6.09 Å². The molecule has 1 aliphatic heterocycles. The number of aromatic nitrogens is 4. The fraction of sp³-hybridized carbons (Fsp3) is 0.333. The number of ether oxygens (including phenoxy) is 1. The first-order chi connectivity index (χ1) is 10.1. The number of likely N-dealkylation sites (tertiary alicyclic amines) is 1. The summed E-state index contributed by atoms with van der Waals surface area (Å²) in [5, 5.41) is 12.8. The minimum Gasteiger partial charge on any atom is -0.453 e. The molecular formula is C12H13ClN6O2. The molecule has 1 aromatic carbocycles. The second kappa shape index (κ2) is 5.21. The molecule has 0 radical (unpaired) electrons. The van der Waals surface area contributed by atoms with Crippen LogP contribution in [0.25, 0.3) is 11.4 Å². The average molecular weight is 309 g/mol. The van der Waals surface area contributed by atoms with Crippen molar-refractivity contribution < 1.29 is 9.53 Å². The predicted molar refractivity (Wildman–Crippen MR) is 75.7 cm³/mol. The van der Waals surface area contributed by atoms with E-state index in [0.29, 0.717) is 29.6 Å². The summed E-state index contributed by atoms with van der Waals surface area (Å²) in [4.78, 5) is 14.3. The van der Waals surface area contributed by atoms with Gasteiger partial charge in [0.15, 0.2) is 0 Å². The number of rotatable bonds is 2. The van der Waals surface area contributed by atoms with Crippen LogP contribution in [-0.2, 0) is 4.74 Å². The number of amides is 1. The van der Waals surface area contributed by atoms with E-state index in [1.54, 1.807) is 23.1 Å². The van der Waals surface area contributed by atoms with Crippen LogP contribution in [0.3, 0.4) is 0 Å². The number of hydrogen-bond donors (Lipinski definition) is 1. The number of carbonyl (C=O) groups excluding carboxylic acids is 1. The van der Waals surface area contributed by atoms with E-state index in [9.17, 15) is 4.79 Å². The highest BCUT2D eigenvalue weighted by molar-refractivity contribution is 6.33. The molecule has 0 atom stereocenters. The fourth-order valence-corrected chi connectivity index (χ4v) is 2.18. The van der Waals surface area contributed by atoms with Gasteiger partial charge in [-0.1, -0.05) is 11.6 Å². The molecule has 0 spiro atoms. The number of halogens is 1. The van der Waals surface area contributed by atoms with Crippen molar-refractivity contribution in [3.63, 3.8) is 0 Å². The normalized spacial score (nSPS) is 14.9. The first kappa shape index (κ1) is 13.6. The van der Waals surface area contributed by atoms with Crippen molar-refractivity contribution in [1.29, 1.82) is 0 Å². The molecule has 0 saturated carbocycles. The van der Waals surface area contributed by atoms with E-state index < -0.39 is 0 Å². The summed E-state index contributed by atoms with van der Waals surface area (Å²) in [5.74, 6) is 0.467. The number of nitrogen functional groups attached to an aromatic ring is 1. The number of anilines is 1. The molecule has 2 heterocycles. The van der Waals surface area contributed by atoms with Crippen LogP contribution < -0.4 is 5.73 Å². The molecule has 2 N–H and O–H groups in total. The van der Waals surface area contributed by atoms with E-state index in [1.807, 2.05) is 0 Å². The van der Waals surface area contributed by atoms with Crippen molar-refractivity contribution in [2.75, 3.05) is 25.9 Å². The number of tetrazole rings is 1. The molecule has 0 aliphatic carbocycles. The van der Waals surface area contributed by atoms with E-state index in [0.717, 1.165) is 5.56 Å². The summed E-state index contributed by atoms with van der Waals surface area (Å²) >= 11 is 5.88. The van der Waals surface area contributed by atoms with Crippen LogP contribution >= 0.6 is 11.6 Å². The quantitative estimate of drug-likeness (QED) is 0.837. The summed E-state index contributed by atoms with van der Waals surface area (Å²) in [7, 11) is 1.35. The Bertz CT molecular complexity index is 682. The smallest absolute Gasteiger partial charge is 0.409 e. The Labute approximate surface area is 125 Å². The third-order valence-corrected chi connectivity index (χ3v) is 3.65. The third-order valence-electron chi connectivity index (χ3n) is 3.30. The first-order valence-electron chi connectivity index (χ1n) is 6.26. The molecule has 110 valence electrons. The molecule has 2 aromatic rings. The number of hydrogen-bond acceptors (Lipinski definition) is 6. The van der Waals surface area contributed by atoms with Crippen LogP contribution in [0.4, 0.5) is 10.5 Å². The van der Waals surface area contributed by atoms with E-state index in [1.165, 1.54) is 11.9 Å². The lowest BCUT2D eigenvalue weighted by atomic mass is 10.1. The van der Waals surface area contributed by atoms with Gasteiger partial charge < -0.3 is 15.4 Å². The molecule has 1 saturated heterocycles. The van der Waals surface area contributed by atoms with E-state index >= 15 is 0 Å². The van der Waals surface area contributed by atoms with Gasteiger partial charge in [0.1, 0.15) is 6.04 Å². The van der Waals surface area contributed by atoms with Crippen LogP contribution in [0.5, 0.6) is 0 Å². The van der Waals surface area contributed by atoms with Gasteiger partial charge in [-0.15, -0.1) is 10.2 Å². The highest BCUT2D eigenvalue weighted by atomic mass is 35.5.